The van der Waals surface area contributed by atoms with Crippen LogP contribution in [0.2, 0.25) is 0 Å². The second kappa shape index (κ2) is 5.17. The van der Waals surface area contributed by atoms with Crippen molar-refractivity contribution in [2.24, 2.45) is 0 Å². The Morgan fingerprint density at radius 2 is 1.85 bits per heavy atom. The Labute approximate surface area is 120 Å². The van der Waals surface area contributed by atoms with E-state index in [-0.39, 0.29) is 11.6 Å². The molecule has 0 aliphatic rings. The fourth-order valence-electron chi connectivity index (χ4n) is 2.15. The van der Waals surface area contributed by atoms with Gasteiger partial charge in [-0.15, -0.1) is 11.3 Å². The van der Waals surface area contributed by atoms with E-state index in [9.17, 15) is 9.18 Å². The van der Waals surface area contributed by atoms with Gasteiger partial charge in [-0.05, 0) is 35.6 Å². The van der Waals surface area contributed by atoms with Crippen LogP contribution in [0.1, 0.15) is 27.7 Å². The molecule has 1 nitrogen and oxygen atoms in total. The first-order chi connectivity index (χ1) is 9.67. The van der Waals surface area contributed by atoms with Gasteiger partial charge in [0.05, 0.1) is 4.88 Å². The highest BCUT2D eigenvalue weighted by Gasteiger charge is 2.13. The van der Waals surface area contributed by atoms with E-state index >= 15 is 0 Å². The maximum absolute atomic E-state index is 13.2. The van der Waals surface area contributed by atoms with Gasteiger partial charge >= 0.3 is 0 Å². The van der Waals surface area contributed by atoms with Gasteiger partial charge < -0.3 is 0 Å². The molecule has 0 aliphatic carbocycles. The second-order valence-electron chi connectivity index (χ2n) is 4.67. The van der Waals surface area contributed by atoms with Gasteiger partial charge in [-0.2, -0.15) is 0 Å². The van der Waals surface area contributed by atoms with Gasteiger partial charge in [0, 0.05) is 10.3 Å². The van der Waals surface area contributed by atoms with E-state index in [1.807, 2.05) is 30.3 Å². The third-order valence-corrected chi connectivity index (χ3v) is 4.43. The number of rotatable bonds is 3. The molecule has 0 N–H and O–H groups in total. The molecule has 0 unspecified atom stereocenters. The molecule has 0 aliphatic heterocycles. The monoisotopic (exact) mass is 284 g/mol. The zero-order chi connectivity index (χ0) is 14.1. The summed E-state index contributed by atoms with van der Waals surface area (Å²) in [6.07, 6.45) is 0.955. The average Bonchev–Trinajstić information content (AvgIpc) is 2.89. The minimum atomic E-state index is -0.273. The van der Waals surface area contributed by atoms with Crippen LogP contribution >= 0.6 is 11.3 Å². The molecule has 2 aromatic carbocycles. The van der Waals surface area contributed by atoms with Crippen LogP contribution in [-0.2, 0) is 6.42 Å². The molecular formula is C17H13FOS. The van der Waals surface area contributed by atoms with Gasteiger partial charge in [0.25, 0.3) is 0 Å². The van der Waals surface area contributed by atoms with Crippen LogP contribution in [0.15, 0.2) is 48.5 Å². The molecule has 3 rings (SSSR count). The summed E-state index contributed by atoms with van der Waals surface area (Å²) in [7, 11) is 0. The number of fused-ring (bicyclic) bond motifs is 1. The number of thiophene rings is 1. The van der Waals surface area contributed by atoms with Crippen LogP contribution < -0.4 is 0 Å². The van der Waals surface area contributed by atoms with Crippen molar-refractivity contribution < 1.29 is 9.18 Å². The Morgan fingerprint density at radius 1 is 1.10 bits per heavy atom. The fraction of sp³-hybridized carbons (Fsp3) is 0.118. The molecule has 20 heavy (non-hydrogen) atoms. The van der Waals surface area contributed by atoms with E-state index in [0.29, 0.717) is 10.4 Å². The molecule has 0 spiro atoms. The molecule has 0 saturated carbocycles. The maximum Gasteiger partial charge on any atom is 0.202 e. The molecule has 1 heterocycles. The topological polar surface area (TPSA) is 17.1 Å². The molecule has 3 heteroatoms. The summed E-state index contributed by atoms with van der Waals surface area (Å²) in [6, 6.07) is 14.1. The van der Waals surface area contributed by atoms with Gasteiger partial charge in [0.15, 0.2) is 0 Å². The largest absolute Gasteiger partial charge is 0.288 e. The first-order valence-corrected chi connectivity index (χ1v) is 7.32. The van der Waals surface area contributed by atoms with Crippen molar-refractivity contribution in [3.8, 4) is 0 Å². The SMILES string of the molecule is CCc1ccc(C(=O)c2cc3ccc(F)cc3s2)cc1. The number of ketones is 1. The van der Waals surface area contributed by atoms with Crippen LogP contribution in [0.25, 0.3) is 10.1 Å². The molecule has 0 radical (unpaired) electrons. The summed E-state index contributed by atoms with van der Waals surface area (Å²) in [6.45, 7) is 2.08. The van der Waals surface area contributed by atoms with Crippen molar-refractivity contribution in [3.05, 3.63) is 70.4 Å². The van der Waals surface area contributed by atoms with E-state index in [1.165, 1.54) is 29.0 Å². The molecule has 3 aromatic rings. The zero-order valence-corrected chi connectivity index (χ0v) is 11.8. The minimum absolute atomic E-state index is 0.00531. The number of aryl methyl sites for hydroxylation is 1. The van der Waals surface area contributed by atoms with Crippen molar-refractivity contribution >= 4 is 27.2 Å². The molecule has 0 amide bonds. The summed E-state index contributed by atoms with van der Waals surface area (Å²) < 4.78 is 14.0. The highest BCUT2D eigenvalue weighted by molar-refractivity contribution is 7.21. The lowest BCUT2D eigenvalue weighted by Gasteiger charge is -2.00. The van der Waals surface area contributed by atoms with Gasteiger partial charge in [0.2, 0.25) is 5.78 Å². The van der Waals surface area contributed by atoms with Crippen LogP contribution in [0.4, 0.5) is 4.39 Å². The van der Waals surface area contributed by atoms with Crippen molar-refractivity contribution in [3.63, 3.8) is 0 Å². The molecular weight excluding hydrogens is 271 g/mol. The molecule has 0 bridgehead atoms. The summed E-state index contributed by atoms with van der Waals surface area (Å²) in [5.41, 5.74) is 1.88. The molecule has 0 fully saturated rings. The van der Waals surface area contributed by atoms with Crippen LogP contribution in [0, 0.1) is 5.82 Å². The fourth-order valence-corrected chi connectivity index (χ4v) is 3.20. The zero-order valence-electron chi connectivity index (χ0n) is 11.0. The summed E-state index contributed by atoms with van der Waals surface area (Å²) >= 11 is 1.33. The van der Waals surface area contributed by atoms with Crippen molar-refractivity contribution in [1.29, 1.82) is 0 Å². The maximum atomic E-state index is 13.2. The smallest absolute Gasteiger partial charge is 0.202 e. The third kappa shape index (κ3) is 2.37. The van der Waals surface area contributed by atoms with Crippen molar-refractivity contribution in [2.45, 2.75) is 13.3 Å². The lowest BCUT2D eigenvalue weighted by atomic mass is 10.1. The second-order valence-corrected chi connectivity index (χ2v) is 5.76. The van der Waals surface area contributed by atoms with Crippen LogP contribution in [-0.4, -0.2) is 5.78 Å². The lowest BCUT2D eigenvalue weighted by molar-refractivity contribution is 0.104. The Kier molecular flexibility index (Phi) is 3.36. The highest BCUT2D eigenvalue weighted by atomic mass is 32.1. The number of carbonyl (C=O) groups is 1. The molecule has 0 saturated heterocycles. The number of hydrogen-bond donors (Lipinski definition) is 0. The Bertz CT molecular complexity index is 771. The van der Waals surface area contributed by atoms with Gasteiger partial charge in [0.1, 0.15) is 5.82 Å². The molecule has 0 atom stereocenters. The third-order valence-electron chi connectivity index (χ3n) is 3.33. The standard InChI is InChI=1S/C17H13FOS/c1-2-11-3-5-12(6-4-11)17(19)16-9-13-7-8-14(18)10-15(13)20-16/h3-10H,2H2,1H3. The first kappa shape index (κ1) is 13.0. The lowest BCUT2D eigenvalue weighted by Crippen LogP contribution is -1.98. The van der Waals surface area contributed by atoms with Crippen molar-refractivity contribution in [1.82, 2.24) is 0 Å². The molecule has 100 valence electrons. The van der Waals surface area contributed by atoms with E-state index in [0.717, 1.165) is 16.5 Å². The number of hydrogen-bond acceptors (Lipinski definition) is 2. The quantitative estimate of drug-likeness (QED) is 0.629. The van der Waals surface area contributed by atoms with E-state index in [1.54, 1.807) is 6.07 Å². The van der Waals surface area contributed by atoms with Gasteiger partial charge in [-0.25, -0.2) is 4.39 Å². The number of halogens is 1. The average molecular weight is 284 g/mol. The number of carbonyl (C=O) groups excluding carboxylic acids is 1. The van der Waals surface area contributed by atoms with Gasteiger partial charge in [-0.3, -0.25) is 4.79 Å². The number of benzene rings is 2. The van der Waals surface area contributed by atoms with E-state index in [4.69, 9.17) is 0 Å². The highest BCUT2D eigenvalue weighted by Crippen LogP contribution is 2.28. The predicted molar refractivity (Wildman–Crippen MR) is 81.0 cm³/mol. The minimum Gasteiger partial charge on any atom is -0.288 e. The Hall–Kier alpha value is -2.00. The normalized spacial score (nSPS) is 10.9. The Balaban J connectivity index is 1.98. The van der Waals surface area contributed by atoms with E-state index in [2.05, 4.69) is 6.92 Å². The predicted octanol–water partition coefficient (Wildman–Crippen LogP) is 4.83. The van der Waals surface area contributed by atoms with Crippen LogP contribution in [0.5, 0.6) is 0 Å². The molecule has 1 aromatic heterocycles. The summed E-state index contributed by atoms with van der Waals surface area (Å²) in [5, 5.41) is 0.907. The summed E-state index contributed by atoms with van der Waals surface area (Å²) in [4.78, 5) is 13.1. The first-order valence-electron chi connectivity index (χ1n) is 6.50. The van der Waals surface area contributed by atoms with Crippen molar-refractivity contribution in [2.75, 3.05) is 0 Å². The van der Waals surface area contributed by atoms with Crippen LogP contribution in [0.3, 0.4) is 0 Å². The summed E-state index contributed by atoms with van der Waals surface area (Å²) in [5.74, 6) is -0.278. The van der Waals surface area contributed by atoms with E-state index < -0.39 is 0 Å². The Morgan fingerprint density at radius 3 is 2.55 bits per heavy atom. The van der Waals surface area contributed by atoms with Gasteiger partial charge in [-0.1, -0.05) is 37.3 Å².